The number of fused-ring (bicyclic) bond motifs is 1. The lowest BCUT2D eigenvalue weighted by molar-refractivity contribution is 0.0634. The summed E-state index contributed by atoms with van der Waals surface area (Å²) in [6.45, 7) is 9.23. The second-order valence-corrected chi connectivity index (χ2v) is 7.07. The normalized spacial score (nSPS) is 20.4. The van der Waals surface area contributed by atoms with Crippen LogP contribution in [0.15, 0.2) is 23.3 Å². The number of hydrogen-bond acceptors (Lipinski definition) is 6. The van der Waals surface area contributed by atoms with Crippen LogP contribution in [0.3, 0.4) is 0 Å². The van der Waals surface area contributed by atoms with E-state index in [-0.39, 0.29) is 30.0 Å². The van der Waals surface area contributed by atoms with Gasteiger partial charge in [0.1, 0.15) is 5.60 Å². The van der Waals surface area contributed by atoms with Gasteiger partial charge in [-0.1, -0.05) is 6.58 Å². The molecule has 1 saturated carbocycles. The van der Waals surface area contributed by atoms with Gasteiger partial charge in [0, 0.05) is 12.5 Å². The largest absolute Gasteiger partial charge is 0.444 e. The molecule has 9 heteroatoms. The van der Waals surface area contributed by atoms with Crippen LogP contribution in [0.1, 0.15) is 33.2 Å². The zero-order valence-electron chi connectivity index (χ0n) is 14.4. The molecule has 25 heavy (non-hydrogen) atoms. The van der Waals surface area contributed by atoms with Gasteiger partial charge in [-0.3, -0.25) is 15.1 Å². The van der Waals surface area contributed by atoms with Crippen molar-refractivity contribution in [2.75, 3.05) is 11.9 Å². The number of aromatic amines is 1. The summed E-state index contributed by atoms with van der Waals surface area (Å²) in [6.07, 6.45) is 1.51. The predicted molar refractivity (Wildman–Crippen MR) is 91.4 cm³/mol. The van der Waals surface area contributed by atoms with Crippen LogP contribution in [0.4, 0.5) is 10.7 Å². The van der Waals surface area contributed by atoms with E-state index in [0.29, 0.717) is 12.1 Å². The lowest BCUT2D eigenvalue weighted by Gasteiger charge is -2.38. The van der Waals surface area contributed by atoms with Gasteiger partial charge in [0.2, 0.25) is 5.95 Å². The number of carbonyl (C=O) groups excluding carboxylic acids is 1. The second-order valence-electron chi connectivity index (χ2n) is 7.07. The van der Waals surface area contributed by atoms with Gasteiger partial charge >= 0.3 is 6.09 Å². The van der Waals surface area contributed by atoms with E-state index >= 15 is 0 Å². The lowest BCUT2D eigenvalue weighted by atomic mass is 9.76. The van der Waals surface area contributed by atoms with Crippen molar-refractivity contribution in [2.45, 2.75) is 38.8 Å². The quantitative estimate of drug-likeness (QED) is 0.725. The first-order valence-corrected chi connectivity index (χ1v) is 7.96. The fourth-order valence-electron chi connectivity index (χ4n) is 2.78. The molecular formula is C16H21N5O4. The molecule has 0 saturated heterocycles. The maximum atomic E-state index is 12.2. The van der Waals surface area contributed by atoms with Crippen LogP contribution in [0.2, 0.25) is 0 Å². The molecule has 1 aliphatic rings. The molecular weight excluding hydrogens is 326 g/mol. The predicted octanol–water partition coefficient (Wildman–Crippen LogP) is 1.58. The summed E-state index contributed by atoms with van der Waals surface area (Å²) >= 11 is 0. The molecule has 0 unspecified atom stereocenters. The van der Waals surface area contributed by atoms with Crippen molar-refractivity contribution in [2.24, 2.45) is 5.92 Å². The van der Waals surface area contributed by atoms with Crippen molar-refractivity contribution in [1.29, 1.82) is 0 Å². The van der Waals surface area contributed by atoms with Crippen LogP contribution in [0, 0.1) is 5.92 Å². The fourth-order valence-corrected chi connectivity index (χ4v) is 2.78. The average Bonchev–Trinajstić information content (AvgIpc) is 2.88. The Bertz CT molecular complexity index is 892. The minimum absolute atomic E-state index is 0.0165. The summed E-state index contributed by atoms with van der Waals surface area (Å²) in [7, 11) is 0. The van der Waals surface area contributed by atoms with Crippen LogP contribution in [0.25, 0.3) is 11.2 Å². The van der Waals surface area contributed by atoms with Crippen molar-refractivity contribution < 1.29 is 14.6 Å². The Morgan fingerprint density at radius 3 is 2.88 bits per heavy atom. The highest BCUT2D eigenvalue weighted by Crippen LogP contribution is 2.42. The average molecular weight is 347 g/mol. The van der Waals surface area contributed by atoms with E-state index in [0.717, 1.165) is 5.57 Å². The van der Waals surface area contributed by atoms with E-state index in [1.54, 1.807) is 25.3 Å². The molecule has 0 aliphatic heterocycles. The number of hydrogen-bond donors (Lipinski definition) is 3. The Morgan fingerprint density at radius 1 is 1.56 bits per heavy atom. The van der Waals surface area contributed by atoms with E-state index < -0.39 is 17.3 Å². The van der Waals surface area contributed by atoms with Crippen molar-refractivity contribution in [1.82, 2.24) is 19.5 Å². The van der Waals surface area contributed by atoms with Gasteiger partial charge in [-0.25, -0.2) is 9.78 Å². The summed E-state index contributed by atoms with van der Waals surface area (Å²) in [4.78, 5) is 34.9. The Morgan fingerprint density at radius 2 is 2.28 bits per heavy atom. The molecule has 2 aromatic heterocycles. The van der Waals surface area contributed by atoms with Gasteiger partial charge in [-0.15, -0.1) is 0 Å². The van der Waals surface area contributed by atoms with E-state index in [1.807, 2.05) is 0 Å². The van der Waals surface area contributed by atoms with Gasteiger partial charge in [0.25, 0.3) is 5.56 Å². The topological polar surface area (TPSA) is 122 Å². The Hall–Kier alpha value is -2.68. The number of nitrogens with one attached hydrogen (secondary N) is 2. The summed E-state index contributed by atoms with van der Waals surface area (Å²) in [5.41, 5.74) is 0.260. The highest BCUT2D eigenvalue weighted by Gasteiger charge is 2.35. The molecule has 9 nitrogen and oxygen atoms in total. The Kier molecular flexibility index (Phi) is 4.11. The van der Waals surface area contributed by atoms with Crippen molar-refractivity contribution in [3.05, 3.63) is 28.8 Å². The van der Waals surface area contributed by atoms with Gasteiger partial charge in [-0.05, 0) is 32.8 Å². The van der Waals surface area contributed by atoms with Crippen molar-refractivity contribution in [3.8, 4) is 0 Å². The maximum absolute atomic E-state index is 12.2. The molecule has 3 N–H and O–H groups in total. The highest BCUT2D eigenvalue weighted by molar-refractivity contribution is 5.83. The number of aliphatic hydroxyl groups is 1. The highest BCUT2D eigenvalue weighted by atomic mass is 16.6. The molecule has 1 aliphatic carbocycles. The molecule has 0 bridgehead atoms. The Labute approximate surface area is 143 Å². The SMILES string of the molecule is C=C1[C@H](CO)C[C@@H]1n1cnc2c(=O)[nH]c(NC(=O)OC(C)(C)C)nc21. The van der Waals surface area contributed by atoms with Crippen LogP contribution >= 0.6 is 0 Å². The smallest absolute Gasteiger partial charge is 0.414 e. The van der Waals surface area contributed by atoms with Crippen molar-refractivity contribution in [3.63, 3.8) is 0 Å². The third kappa shape index (κ3) is 3.27. The van der Waals surface area contributed by atoms with Crippen LogP contribution < -0.4 is 10.9 Å². The maximum Gasteiger partial charge on any atom is 0.414 e. The first-order valence-electron chi connectivity index (χ1n) is 7.96. The Balaban J connectivity index is 1.90. The second kappa shape index (κ2) is 5.99. The molecule has 2 heterocycles. The number of aliphatic hydroxyl groups excluding tert-OH is 1. The van der Waals surface area contributed by atoms with Gasteiger partial charge in [0.05, 0.1) is 12.4 Å². The molecule has 0 aromatic carbocycles. The monoisotopic (exact) mass is 347 g/mol. The minimum Gasteiger partial charge on any atom is -0.444 e. The van der Waals surface area contributed by atoms with Gasteiger partial charge in [0.15, 0.2) is 11.2 Å². The molecule has 2 atom stereocenters. The summed E-state index contributed by atoms with van der Waals surface area (Å²) < 4.78 is 6.89. The van der Waals surface area contributed by atoms with Crippen LogP contribution in [-0.2, 0) is 4.74 Å². The lowest BCUT2D eigenvalue weighted by Crippen LogP contribution is -2.32. The number of amides is 1. The molecule has 0 spiro atoms. The summed E-state index contributed by atoms with van der Waals surface area (Å²) in [5.74, 6) is 0.0287. The third-order valence-electron chi connectivity index (χ3n) is 4.07. The standard InChI is InChI=1S/C16H21N5O4/c1-8-9(6-22)5-10(8)21-7-17-11-12(21)18-14(19-13(11)23)20-15(24)25-16(2,3)4/h7,9-10,22H,1,5-6H2,2-4H3,(H2,18,19,20,23,24)/t9-,10-/m0/s1. The van der Waals surface area contributed by atoms with E-state index in [1.165, 1.54) is 6.33 Å². The zero-order valence-corrected chi connectivity index (χ0v) is 14.4. The molecule has 0 radical (unpaired) electrons. The number of rotatable bonds is 3. The van der Waals surface area contributed by atoms with E-state index in [4.69, 9.17) is 4.74 Å². The molecule has 1 fully saturated rings. The molecule has 134 valence electrons. The van der Waals surface area contributed by atoms with E-state index in [2.05, 4.69) is 26.8 Å². The number of imidazole rings is 1. The molecule has 3 rings (SSSR count). The summed E-state index contributed by atoms with van der Waals surface area (Å²) in [6, 6.07) is -0.0779. The van der Waals surface area contributed by atoms with Crippen LogP contribution in [-0.4, -0.2) is 42.9 Å². The number of nitrogens with zero attached hydrogens (tertiary/aromatic N) is 3. The molecule has 2 aromatic rings. The number of aromatic nitrogens is 4. The number of anilines is 1. The number of ether oxygens (including phenoxy) is 1. The fraction of sp³-hybridized carbons (Fsp3) is 0.500. The third-order valence-corrected chi connectivity index (χ3v) is 4.07. The number of H-pyrrole nitrogens is 1. The molecule has 1 amide bonds. The number of carbonyl (C=O) groups is 1. The summed E-state index contributed by atoms with van der Waals surface area (Å²) in [5, 5.41) is 11.7. The van der Waals surface area contributed by atoms with Gasteiger partial charge in [-0.2, -0.15) is 4.98 Å². The minimum atomic E-state index is -0.713. The van der Waals surface area contributed by atoms with Crippen LogP contribution in [0.5, 0.6) is 0 Å². The van der Waals surface area contributed by atoms with Crippen molar-refractivity contribution >= 4 is 23.2 Å². The van der Waals surface area contributed by atoms with E-state index in [9.17, 15) is 14.7 Å². The first kappa shape index (κ1) is 17.2. The van der Waals surface area contributed by atoms with Gasteiger partial charge < -0.3 is 14.4 Å². The first-order chi connectivity index (χ1) is 11.7. The zero-order chi connectivity index (χ0) is 18.4.